The zero-order valence-corrected chi connectivity index (χ0v) is 14.6. The Labute approximate surface area is 140 Å². The Balaban J connectivity index is 2.13. The average molecular weight is 340 g/mol. The number of halogens is 3. The van der Waals surface area contributed by atoms with E-state index in [1.807, 2.05) is 34.6 Å². The number of alkyl halides is 3. The maximum absolute atomic E-state index is 12.9. The van der Waals surface area contributed by atoms with Gasteiger partial charge >= 0.3 is 6.18 Å². The highest BCUT2D eigenvalue weighted by molar-refractivity contribution is 5.30. The molecule has 1 aromatic carbocycles. The molecule has 6 heteroatoms. The predicted octanol–water partition coefficient (Wildman–Crippen LogP) is 5.02. The van der Waals surface area contributed by atoms with Crippen LogP contribution >= 0.6 is 0 Å². The van der Waals surface area contributed by atoms with Gasteiger partial charge in [0.1, 0.15) is 5.76 Å². The fraction of sp³-hybridized carbons (Fsp3) is 0.500. The van der Waals surface area contributed by atoms with Gasteiger partial charge in [-0.1, -0.05) is 32.9 Å². The second-order valence-electron chi connectivity index (χ2n) is 7.43. The lowest BCUT2D eigenvalue weighted by Gasteiger charge is -2.27. The van der Waals surface area contributed by atoms with Crippen LogP contribution in [0.5, 0.6) is 0 Å². The molecule has 1 aromatic heterocycles. The molecule has 2 rings (SSSR count). The molecule has 0 bridgehead atoms. The predicted molar refractivity (Wildman–Crippen MR) is 86.5 cm³/mol. The Morgan fingerprint density at radius 3 is 2.21 bits per heavy atom. The minimum atomic E-state index is -4.35. The van der Waals surface area contributed by atoms with Crippen LogP contribution in [0.15, 0.2) is 34.9 Å². The molecule has 24 heavy (non-hydrogen) atoms. The summed E-state index contributed by atoms with van der Waals surface area (Å²) < 4.78 is 44.3. The molecule has 0 radical (unpaired) electrons. The van der Waals surface area contributed by atoms with Crippen molar-refractivity contribution in [1.29, 1.82) is 0 Å². The highest BCUT2D eigenvalue weighted by atomic mass is 19.4. The molecule has 0 amide bonds. The lowest BCUT2D eigenvalue weighted by Crippen LogP contribution is -2.36. The van der Waals surface area contributed by atoms with Gasteiger partial charge in [-0.2, -0.15) is 13.2 Å². The van der Waals surface area contributed by atoms with Crippen LogP contribution < -0.4 is 5.32 Å². The van der Waals surface area contributed by atoms with E-state index in [4.69, 9.17) is 4.42 Å². The SMILES string of the molecule is CC(C)(C)c1cnc(CNC(C)(C)c2cccc(C(F)(F)F)c2)o1. The lowest BCUT2D eigenvalue weighted by atomic mass is 9.92. The molecule has 1 N–H and O–H groups in total. The van der Waals surface area contributed by atoms with Crippen molar-refractivity contribution in [3.05, 3.63) is 53.2 Å². The molecular weight excluding hydrogens is 317 g/mol. The number of nitrogens with one attached hydrogen (secondary N) is 1. The molecule has 1 heterocycles. The summed E-state index contributed by atoms with van der Waals surface area (Å²) in [6, 6.07) is 5.34. The van der Waals surface area contributed by atoms with Gasteiger partial charge in [0.15, 0.2) is 0 Å². The van der Waals surface area contributed by atoms with Crippen LogP contribution in [0.1, 0.15) is 57.4 Å². The topological polar surface area (TPSA) is 38.1 Å². The molecule has 0 fully saturated rings. The number of benzene rings is 1. The molecule has 0 aliphatic heterocycles. The molecular formula is C18H23F3N2O. The van der Waals surface area contributed by atoms with Gasteiger partial charge in [0.05, 0.1) is 18.3 Å². The van der Waals surface area contributed by atoms with E-state index in [0.717, 1.165) is 11.8 Å². The van der Waals surface area contributed by atoms with Crippen molar-refractivity contribution in [2.24, 2.45) is 0 Å². The summed E-state index contributed by atoms with van der Waals surface area (Å²) in [6.07, 6.45) is -2.66. The lowest BCUT2D eigenvalue weighted by molar-refractivity contribution is -0.137. The number of rotatable bonds is 4. The highest BCUT2D eigenvalue weighted by Crippen LogP contribution is 2.32. The summed E-state index contributed by atoms with van der Waals surface area (Å²) in [7, 11) is 0. The fourth-order valence-corrected chi connectivity index (χ4v) is 2.22. The minimum absolute atomic E-state index is 0.137. The van der Waals surface area contributed by atoms with Crippen molar-refractivity contribution < 1.29 is 17.6 Å². The molecule has 132 valence electrons. The Morgan fingerprint density at radius 1 is 1.04 bits per heavy atom. The zero-order chi connectivity index (χ0) is 18.2. The van der Waals surface area contributed by atoms with Crippen molar-refractivity contribution >= 4 is 0 Å². The Bertz CT molecular complexity index is 697. The summed E-state index contributed by atoms with van der Waals surface area (Å²) in [6.45, 7) is 10.1. The molecule has 0 saturated heterocycles. The van der Waals surface area contributed by atoms with E-state index < -0.39 is 17.3 Å². The van der Waals surface area contributed by atoms with Gasteiger partial charge in [0.25, 0.3) is 0 Å². The van der Waals surface area contributed by atoms with E-state index in [0.29, 0.717) is 18.0 Å². The van der Waals surface area contributed by atoms with Gasteiger partial charge in [0, 0.05) is 11.0 Å². The molecule has 0 saturated carbocycles. The monoisotopic (exact) mass is 340 g/mol. The minimum Gasteiger partial charge on any atom is -0.444 e. The number of nitrogens with zero attached hydrogens (tertiary/aromatic N) is 1. The van der Waals surface area contributed by atoms with Gasteiger partial charge in [-0.3, -0.25) is 5.32 Å². The highest BCUT2D eigenvalue weighted by Gasteiger charge is 2.32. The summed E-state index contributed by atoms with van der Waals surface area (Å²) in [4.78, 5) is 4.23. The Hall–Kier alpha value is -1.82. The number of oxazole rings is 1. The third-order valence-corrected chi connectivity index (χ3v) is 3.89. The van der Waals surface area contributed by atoms with Crippen LogP contribution in [0.25, 0.3) is 0 Å². The fourth-order valence-electron chi connectivity index (χ4n) is 2.22. The molecule has 3 nitrogen and oxygen atoms in total. The third-order valence-electron chi connectivity index (χ3n) is 3.89. The van der Waals surface area contributed by atoms with E-state index in [1.54, 1.807) is 12.3 Å². The van der Waals surface area contributed by atoms with E-state index in [1.165, 1.54) is 12.1 Å². The largest absolute Gasteiger partial charge is 0.444 e. The van der Waals surface area contributed by atoms with Gasteiger partial charge < -0.3 is 4.42 Å². The summed E-state index contributed by atoms with van der Waals surface area (Å²) >= 11 is 0. The quantitative estimate of drug-likeness (QED) is 0.849. The first-order chi connectivity index (χ1) is 10.9. The maximum Gasteiger partial charge on any atom is 0.416 e. The van der Waals surface area contributed by atoms with E-state index in [2.05, 4.69) is 10.3 Å². The van der Waals surface area contributed by atoms with Crippen LogP contribution in [0.3, 0.4) is 0 Å². The summed E-state index contributed by atoms with van der Waals surface area (Å²) in [5.41, 5.74) is -0.889. The van der Waals surface area contributed by atoms with Gasteiger partial charge in [-0.05, 0) is 31.5 Å². The van der Waals surface area contributed by atoms with Crippen LogP contribution in [0, 0.1) is 0 Å². The summed E-state index contributed by atoms with van der Waals surface area (Å²) in [5, 5.41) is 3.21. The van der Waals surface area contributed by atoms with Gasteiger partial charge in [-0.25, -0.2) is 4.98 Å². The second-order valence-corrected chi connectivity index (χ2v) is 7.43. The molecule has 0 atom stereocenters. The third kappa shape index (κ3) is 4.38. The first-order valence-electron chi connectivity index (χ1n) is 7.77. The van der Waals surface area contributed by atoms with Crippen molar-refractivity contribution in [3.63, 3.8) is 0 Å². The smallest absolute Gasteiger partial charge is 0.416 e. The molecule has 0 aliphatic rings. The van der Waals surface area contributed by atoms with Crippen molar-refractivity contribution in [2.45, 2.75) is 58.3 Å². The van der Waals surface area contributed by atoms with Crippen LogP contribution in [0.2, 0.25) is 0 Å². The standard InChI is InChI=1S/C18H23F3N2O/c1-16(2,3)14-10-22-15(24-14)11-23-17(4,5)12-7-6-8-13(9-12)18(19,20)21/h6-10,23H,11H2,1-5H3. The van der Waals surface area contributed by atoms with Crippen LogP contribution in [-0.2, 0) is 23.7 Å². The first kappa shape index (κ1) is 18.5. The first-order valence-corrected chi connectivity index (χ1v) is 7.77. The van der Waals surface area contributed by atoms with Crippen molar-refractivity contribution in [3.8, 4) is 0 Å². The van der Waals surface area contributed by atoms with Gasteiger partial charge in [-0.15, -0.1) is 0 Å². The van der Waals surface area contributed by atoms with Crippen molar-refractivity contribution in [1.82, 2.24) is 10.3 Å². The van der Waals surface area contributed by atoms with E-state index in [9.17, 15) is 13.2 Å². The van der Waals surface area contributed by atoms with Crippen LogP contribution in [0.4, 0.5) is 13.2 Å². The van der Waals surface area contributed by atoms with Crippen molar-refractivity contribution in [2.75, 3.05) is 0 Å². The Morgan fingerprint density at radius 2 is 1.67 bits per heavy atom. The normalized spacial score (nSPS) is 13.3. The van der Waals surface area contributed by atoms with E-state index >= 15 is 0 Å². The van der Waals surface area contributed by atoms with Crippen LogP contribution in [-0.4, -0.2) is 4.98 Å². The molecule has 0 aliphatic carbocycles. The number of hydrogen-bond acceptors (Lipinski definition) is 3. The second kappa shape index (κ2) is 6.24. The van der Waals surface area contributed by atoms with E-state index in [-0.39, 0.29) is 5.41 Å². The number of hydrogen-bond donors (Lipinski definition) is 1. The summed E-state index contributed by atoms with van der Waals surface area (Å²) in [5.74, 6) is 1.29. The molecule has 2 aromatic rings. The molecule has 0 spiro atoms. The maximum atomic E-state index is 12.9. The molecule has 0 unspecified atom stereocenters. The Kier molecular flexibility index (Phi) is 4.81. The zero-order valence-electron chi connectivity index (χ0n) is 14.6. The average Bonchev–Trinajstić information content (AvgIpc) is 2.93. The number of aromatic nitrogens is 1. The van der Waals surface area contributed by atoms with Gasteiger partial charge in [0.2, 0.25) is 5.89 Å².